The molecule has 3 rings (SSSR count). The van der Waals surface area contributed by atoms with E-state index >= 15 is 0 Å². The van der Waals surface area contributed by atoms with Gasteiger partial charge in [-0.15, -0.1) is 0 Å². The zero-order valence-corrected chi connectivity index (χ0v) is 16.4. The fraction of sp³-hybridized carbons (Fsp3) is 0.0952. The van der Waals surface area contributed by atoms with Crippen LogP contribution in [0.5, 0.6) is 11.5 Å². The van der Waals surface area contributed by atoms with Gasteiger partial charge in [0.2, 0.25) is 0 Å². The smallest absolute Gasteiger partial charge is 0.269 e. The summed E-state index contributed by atoms with van der Waals surface area (Å²) in [5.41, 5.74) is 1.30. The summed E-state index contributed by atoms with van der Waals surface area (Å²) in [5.74, 6) is -0.954. The van der Waals surface area contributed by atoms with E-state index in [1.165, 1.54) is 31.4 Å². The molecule has 0 aliphatic carbocycles. The summed E-state index contributed by atoms with van der Waals surface area (Å²) >= 11 is 5.96. The van der Waals surface area contributed by atoms with Crippen molar-refractivity contribution in [3.05, 3.63) is 82.4 Å². The third-order valence-electron chi connectivity index (χ3n) is 4.04. The Morgan fingerprint density at radius 2 is 1.79 bits per heavy atom. The van der Waals surface area contributed by atoms with E-state index in [-0.39, 0.29) is 23.0 Å². The molecule has 8 heteroatoms. The molecule has 0 bridgehead atoms. The second kappa shape index (κ2) is 8.70. The fourth-order valence-corrected chi connectivity index (χ4v) is 2.62. The van der Waals surface area contributed by atoms with Crippen molar-refractivity contribution in [2.75, 3.05) is 12.4 Å². The lowest BCUT2D eigenvalue weighted by Gasteiger charge is -2.10. The molecule has 29 heavy (non-hydrogen) atoms. The fourth-order valence-electron chi connectivity index (χ4n) is 2.50. The number of aromatic nitrogens is 1. The molecule has 0 aliphatic heterocycles. The Bertz CT molecular complexity index is 1090. The number of pyridine rings is 1. The van der Waals surface area contributed by atoms with Crippen molar-refractivity contribution in [2.45, 2.75) is 6.92 Å². The quantitative estimate of drug-likeness (QED) is 0.641. The SMILES string of the molecule is CNC(=O)c1cc(Oc2ccc(NC(=O)c3ccc(Cl)c(C)c3)c(F)c2)ccn1. The Hall–Kier alpha value is -3.45. The lowest BCUT2D eigenvalue weighted by Crippen LogP contribution is -2.18. The van der Waals surface area contributed by atoms with Crippen molar-refractivity contribution in [3.63, 3.8) is 0 Å². The molecule has 0 saturated carbocycles. The number of ether oxygens (including phenoxy) is 1. The minimum atomic E-state index is -0.665. The van der Waals surface area contributed by atoms with E-state index in [0.29, 0.717) is 16.3 Å². The van der Waals surface area contributed by atoms with Crippen LogP contribution in [0.1, 0.15) is 26.4 Å². The van der Waals surface area contributed by atoms with Gasteiger partial charge in [0.15, 0.2) is 0 Å². The maximum Gasteiger partial charge on any atom is 0.269 e. The zero-order valence-electron chi connectivity index (χ0n) is 15.6. The van der Waals surface area contributed by atoms with Gasteiger partial charge in [-0.05, 0) is 48.9 Å². The molecule has 0 spiro atoms. The second-order valence-corrected chi connectivity index (χ2v) is 6.52. The predicted octanol–water partition coefficient (Wildman–Crippen LogP) is 4.59. The number of hydrogen-bond acceptors (Lipinski definition) is 4. The van der Waals surface area contributed by atoms with E-state index < -0.39 is 11.7 Å². The molecule has 0 unspecified atom stereocenters. The Morgan fingerprint density at radius 3 is 2.48 bits per heavy atom. The molecule has 2 N–H and O–H groups in total. The minimum Gasteiger partial charge on any atom is -0.457 e. The Balaban J connectivity index is 1.74. The number of halogens is 2. The maximum atomic E-state index is 14.4. The van der Waals surface area contributed by atoms with Crippen molar-refractivity contribution in [3.8, 4) is 11.5 Å². The van der Waals surface area contributed by atoms with Crippen LogP contribution in [0.2, 0.25) is 5.02 Å². The van der Waals surface area contributed by atoms with Crippen LogP contribution in [0.4, 0.5) is 10.1 Å². The molecular formula is C21H17ClFN3O3. The number of aryl methyl sites for hydroxylation is 1. The molecule has 0 radical (unpaired) electrons. The van der Waals surface area contributed by atoms with Crippen molar-refractivity contribution >= 4 is 29.1 Å². The Morgan fingerprint density at radius 1 is 1.03 bits per heavy atom. The zero-order chi connectivity index (χ0) is 21.0. The van der Waals surface area contributed by atoms with E-state index in [4.69, 9.17) is 16.3 Å². The minimum absolute atomic E-state index is 0.00994. The number of anilines is 1. The molecule has 2 amide bonds. The van der Waals surface area contributed by atoms with E-state index in [0.717, 1.165) is 11.6 Å². The molecule has 0 fully saturated rings. The highest BCUT2D eigenvalue weighted by Gasteiger charge is 2.12. The van der Waals surface area contributed by atoms with Crippen molar-refractivity contribution in [2.24, 2.45) is 0 Å². The van der Waals surface area contributed by atoms with Gasteiger partial charge < -0.3 is 15.4 Å². The lowest BCUT2D eigenvalue weighted by atomic mass is 10.1. The van der Waals surface area contributed by atoms with Gasteiger partial charge in [0.1, 0.15) is 23.0 Å². The van der Waals surface area contributed by atoms with Crippen LogP contribution in [-0.4, -0.2) is 23.8 Å². The van der Waals surface area contributed by atoms with Gasteiger partial charge in [-0.1, -0.05) is 11.6 Å². The number of rotatable bonds is 5. The Kier molecular flexibility index (Phi) is 6.09. The first-order valence-electron chi connectivity index (χ1n) is 8.60. The molecule has 2 aromatic carbocycles. The van der Waals surface area contributed by atoms with Crippen molar-refractivity contribution < 1.29 is 18.7 Å². The lowest BCUT2D eigenvalue weighted by molar-refractivity contribution is 0.0957. The van der Waals surface area contributed by atoms with Crippen molar-refractivity contribution in [1.29, 1.82) is 0 Å². The van der Waals surface area contributed by atoms with Crippen LogP contribution >= 0.6 is 11.6 Å². The normalized spacial score (nSPS) is 10.3. The topological polar surface area (TPSA) is 80.3 Å². The average Bonchev–Trinajstić information content (AvgIpc) is 2.71. The number of carbonyl (C=O) groups is 2. The van der Waals surface area contributed by atoms with Gasteiger partial charge in [-0.2, -0.15) is 0 Å². The first-order valence-corrected chi connectivity index (χ1v) is 8.98. The predicted molar refractivity (Wildman–Crippen MR) is 108 cm³/mol. The van der Waals surface area contributed by atoms with Crippen molar-refractivity contribution in [1.82, 2.24) is 10.3 Å². The van der Waals surface area contributed by atoms with Gasteiger partial charge in [-0.3, -0.25) is 14.6 Å². The summed E-state index contributed by atoms with van der Waals surface area (Å²) in [6, 6.07) is 11.8. The Labute approximate surface area is 171 Å². The number of amides is 2. The van der Waals surface area contributed by atoms with Gasteiger partial charge in [0.25, 0.3) is 11.8 Å². The van der Waals surface area contributed by atoms with Crippen LogP contribution < -0.4 is 15.4 Å². The molecule has 0 aliphatic rings. The van der Waals surface area contributed by atoms with E-state index in [1.807, 2.05) is 0 Å². The summed E-state index contributed by atoms with van der Waals surface area (Å²) in [7, 11) is 1.49. The van der Waals surface area contributed by atoms with Gasteiger partial charge >= 0.3 is 0 Å². The molecule has 1 aromatic heterocycles. The van der Waals surface area contributed by atoms with Gasteiger partial charge in [0.05, 0.1) is 5.69 Å². The number of benzene rings is 2. The molecule has 0 atom stereocenters. The highest BCUT2D eigenvalue weighted by atomic mass is 35.5. The highest BCUT2D eigenvalue weighted by Crippen LogP contribution is 2.26. The standard InChI is InChI=1S/C21H17ClFN3O3/c1-12-9-13(3-5-16(12)22)20(27)26-18-6-4-14(10-17(18)23)29-15-7-8-25-19(11-15)21(28)24-2/h3-11H,1-2H3,(H,24,28)(H,26,27). The molecule has 1 heterocycles. The summed E-state index contributed by atoms with van der Waals surface area (Å²) in [4.78, 5) is 27.9. The van der Waals surface area contributed by atoms with Crippen LogP contribution in [0.25, 0.3) is 0 Å². The number of carbonyl (C=O) groups excluding carboxylic acids is 2. The van der Waals surface area contributed by atoms with E-state index in [9.17, 15) is 14.0 Å². The van der Waals surface area contributed by atoms with Crippen LogP contribution in [-0.2, 0) is 0 Å². The summed E-state index contributed by atoms with van der Waals surface area (Å²) in [6.07, 6.45) is 1.42. The summed E-state index contributed by atoms with van der Waals surface area (Å²) in [5, 5.41) is 5.53. The van der Waals surface area contributed by atoms with Crippen LogP contribution in [0.15, 0.2) is 54.7 Å². The molecule has 6 nitrogen and oxygen atoms in total. The second-order valence-electron chi connectivity index (χ2n) is 6.12. The third-order valence-corrected chi connectivity index (χ3v) is 4.46. The first kappa shape index (κ1) is 20.3. The summed E-state index contributed by atoms with van der Waals surface area (Å²) in [6.45, 7) is 1.78. The molecule has 3 aromatic rings. The number of nitrogens with one attached hydrogen (secondary N) is 2. The molecular weight excluding hydrogens is 397 g/mol. The largest absolute Gasteiger partial charge is 0.457 e. The monoisotopic (exact) mass is 413 g/mol. The van der Waals surface area contributed by atoms with E-state index in [1.54, 1.807) is 31.2 Å². The number of hydrogen-bond donors (Lipinski definition) is 2. The number of nitrogens with zero attached hydrogens (tertiary/aromatic N) is 1. The average molecular weight is 414 g/mol. The summed E-state index contributed by atoms with van der Waals surface area (Å²) < 4.78 is 20.0. The van der Waals surface area contributed by atoms with Gasteiger partial charge in [0, 0.05) is 36.0 Å². The first-order chi connectivity index (χ1) is 13.9. The molecule has 148 valence electrons. The van der Waals surface area contributed by atoms with Crippen LogP contribution in [0.3, 0.4) is 0 Å². The van der Waals surface area contributed by atoms with E-state index in [2.05, 4.69) is 15.6 Å². The third kappa shape index (κ3) is 4.89. The molecule has 0 saturated heterocycles. The highest BCUT2D eigenvalue weighted by molar-refractivity contribution is 6.31. The van der Waals surface area contributed by atoms with Gasteiger partial charge in [-0.25, -0.2) is 4.39 Å². The maximum absolute atomic E-state index is 14.4. The van der Waals surface area contributed by atoms with Crippen LogP contribution in [0, 0.1) is 12.7 Å².